The topological polar surface area (TPSA) is 62.7 Å². The Labute approximate surface area is 172 Å². The van der Waals surface area contributed by atoms with Crippen LogP contribution in [0.4, 0.5) is 4.39 Å². The van der Waals surface area contributed by atoms with Crippen molar-refractivity contribution in [3.05, 3.63) is 35.1 Å². The second kappa shape index (κ2) is 12.1. The fourth-order valence-electron chi connectivity index (χ4n) is 2.84. The highest BCUT2D eigenvalue weighted by Crippen LogP contribution is 2.21. The average molecular weight is 477 g/mol. The molecular weight excluding hydrogens is 448 g/mol. The average Bonchev–Trinajstić information content (AvgIpc) is 3.10. The van der Waals surface area contributed by atoms with Crippen molar-refractivity contribution < 1.29 is 13.9 Å². The molecule has 0 heterocycles. The summed E-state index contributed by atoms with van der Waals surface area (Å²) in [5.41, 5.74) is 1.49. The Kier molecular flexibility index (Phi) is 10.5. The van der Waals surface area contributed by atoms with Gasteiger partial charge in [0, 0.05) is 26.6 Å². The van der Waals surface area contributed by atoms with Crippen molar-refractivity contribution in [2.24, 2.45) is 4.99 Å². The van der Waals surface area contributed by atoms with Crippen molar-refractivity contribution in [3.8, 4) is 0 Å². The molecule has 1 aromatic rings. The number of esters is 1. The van der Waals surface area contributed by atoms with Crippen molar-refractivity contribution in [1.82, 2.24) is 10.6 Å². The van der Waals surface area contributed by atoms with E-state index in [-0.39, 0.29) is 41.9 Å². The van der Waals surface area contributed by atoms with Gasteiger partial charge in [-0.25, -0.2) is 4.39 Å². The molecule has 5 nitrogen and oxygen atoms in total. The van der Waals surface area contributed by atoms with E-state index in [2.05, 4.69) is 15.6 Å². The second-order valence-electron chi connectivity index (χ2n) is 6.44. The number of nitrogens with zero attached hydrogens (tertiary/aromatic N) is 1. The zero-order valence-electron chi connectivity index (χ0n) is 15.5. The third-order valence-electron chi connectivity index (χ3n) is 4.37. The van der Waals surface area contributed by atoms with E-state index in [0.29, 0.717) is 37.5 Å². The van der Waals surface area contributed by atoms with Crippen LogP contribution < -0.4 is 10.6 Å². The van der Waals surface area contributed by atoms with E-state index in [0.717, 1.165) is 31.2 Å². The fraction of sp³-hybridized carbons (Fsp3) is 0.579. The largest absolute Gasteiger partial charge is 0.462 e. The molecule has 7 heteroatoms. The molecule has 0 aromatic heterocycles. The van der Waals surface area contributed by atoms with Crippen molar-refractivity contribution in [2.75, 3.05) is 13.6 Å². The van der Waals surface area contributed by atoms with Crippen LogP contribution in [0, 0.1) is 12.7 Å². The first-order chi connectivity index (χ1) is 12.1. The molecule has 0 saturated heterocycles. The number of nitrogens with one attached hydrogen (secondary N) is 2. The van der Waals surface area contributed by atoms with Crippen LogP contribution in [0.2, 0.25) is 0 Å². The van der Waals surface area contributed by atoms with Crippen LogP contribution in [0.1, 0.15) is 49.7 Å². The lowest BCUT2D eigenvalue weighted by Gasteiger charge is -2.13. The molecule has 1 aliphatic rings. The summed E-state index contributed by atoms with van der Waals surface area (Å²) in [5, 5.41) is 6.29. The van der Waals surface area contributed by atoms with E-state index in [1.165, 1.54) is 6.07 Å². The van der Waals surface area contributed by atoms with Gasteiger partial charge in [-0.05, 0) is 56.2 Å². The lowest BCUT2D eigenvalue weighted by atomic mass is 10.1. The zero-order chi connectivity index (χ0) is 18.1. The number of benzene rings is 1. The first kappa shape index (κ1) is 22.7. The van der Waals surface area contributed by atoms with Crippen molar-refractivity contribution in [1.29, 1.82) is 0 Å². The van der Waals surface area contributed by atoms with Crippen molar-refractivity contribution >= 4 is 35.9 Å². The van der Waals surface area contributed by atoms with Gasteiger partial charge in [-0.1, -0.05) is 12.1 Å². The summed E-state index contributed by atoms with van der Waals surface area (Å²) in [6.07, 6.45) is 5.54. The van der Waals surface area contributed by atoms with Crippen LogP contribution in [-0.4, -0.2) is 31.6 Å². The van der Waals surface area contributed by atoms with Crippen molar-refractivity contribution in [2.45, 2.75) is 58.1 Å². The Morgan fingerprint density at radius 3 is 2.69 bits per heavy atom. The van der Waals surface area contributed by atoms with Gasteiger partial charge < -0.3 is 15.4 Å². The molecule has 0 spiro atoms. The molecule has 1 fully saturated rings. The Balaban J connectivity index is 0.00000338. The number of aliphatic imine (C=N–C) groups is 1. The van der Waals surface area contributed by atoms with E-state index in [4.69, 9.17) is 4.74 Å². The smallest absolute Gasteiger partial charge is 0.306 e. The van der Waals surface area contributed by atoms with Crippen LogP contribution in [0.15, 0.2) is 23.2 Å². The Bertz CT molecular complexity index is 604. The maximum atomic E-state index is 13.5. The molecule has 0 unspecified atom stereocenters. The molecule has 2 N–H and O–H groups in total. The predicted octanol–water partition coefficient (Wildman–Crippen LogP) is 3.68. The van der Waals surface area contributed by atoms with Gasteiger partial charge in [-0.3, -0.25) is 9.79 Å². The van der Waals surface area contributed by atoms with Gasteiger partial charge in [-0.15, -0.1) is 24.0 Å². The highest BCUT2D eigenvalue weighted by Gasteiger charge is 2.18. The minimum Gasteiger partial charge on any atom is -0.462 e. The first-order valence-electron chi connectivity index (χ1n) is 8.97. The molecule has 1 saturated carbocycles. The maximum Gasteiger partial charge on any atom is 0.306 e. The number of hydrogen-bond donors (Lipinski definition) is 2. The van der Waals surface area contributed by atoms with Crippen LogP contribution in [-0.2, 0) is 16.1 Å². The number of guanidine groups is 1. The van der Waals surface area contributed by atoms with Crippen LogP contribution in [0.25, 0.3) is 0 Å². The maximum absolute atomic E-state index is 13.5. The third kappa shape index (κ3) is 7.88. The van der Waals surface area contributed by atoms with Gasteiger partial charge in [0.1, 0.15) is 11.9 Å². The van der Waals surface area contributed by atoms with Crippen LogP contribution in [0.5, 0.6) is 0 Å². The minimum atomic E-state index is -0.206. The molecule has 0 bridgehead atoms. The zero-order valence-corrected chi connectivity index (χ0v) is 17.8. The number of carbonyl (C=O) groups is 1. The van der Waals surface area contributed by atoms with Gasteiger partial charge in [0.25, 0.3) is 0 Å². The molecule has 2 rings (SSSR count). The SMILES string of the molecule is CN=C(NCCCC(=O)OC1CCCC1)NCc1ccc(C)c(F)c1.I. The monoisotopic (exact) mass is 477 g/mol. The molecule has 1 aliphatic carbocycles. The van der Waals surface area contributed by atoms with Gasteiger partial charge in [0.2, 0.25) is 0 Å². The molecular formula is C19H29FIN3O2. The summed E-state index contributed by atoms with van der Waals surface area (Å²) in [5.74, 6) is 0.306. The van der Waals surface area contributed by atoms with E-state index in [1.54, 1.807) is 20.0 Å². The van der Waals surface area contributed by atoms with Gasteiger partial charge in [0.15, 0.2) is 5.96 Å². The molecule has 1 aromatic carbocycles. The van der Waals surface area contributed by atoms with Gasteiger partial charge in [0.05, 0.1) is 0 Å². The van der Waals surface area contributed by atoms with E-state index >= 15 is 0 Å². The number of hydrogen-bond acceptors (Lipinski definition) is 3. The summed E-state index contributed by atoms with van der Waals surface area (Å²) in [4.78, 5) is 15.9. The number of rotatable bonds is 7. The van der Waals surface area contributed by atoms with E-state index in [1.807, 2.05) is 6.07 Å². The second-order valence-corrected chi connectivity index (χ2v) is 6.44. The number of halogens is 2. The minimum absolute atomic E-state index is 0. The normalized spacial score (nSPS) is 14.7. The summed E-state index contributed by atoms with van der Waals surface area (Å²) in [6.45, 7) is 2.85. The summed E-state index contributed by atoms with van der Waals surface area (Å²) >= 11 is 0. The summed E-state index contributed by atoms with van der Waals surface area (Å²) in [6, 6.07) is 5.17. The molecule has 0 amide bonds. The Hall–Kier alpha value is -1.38. The highest BCUT2D eigenvalue weighted by atomic mass is 127. The highest BCUT2D eigenvalue weighted by molar-refractivity contribution is 14.0. The van der Waals surface area contributed by atoms with Crippen LogP contribution >= 0.6 is 24.0 Å². The van der Waals surface area contributed by atoms with Crippen LogP contribution in [0.3, 0.4) is 0 Å². The lowest BCUT2D eigenvalue weighted by Crippen LogP contribution is -2.37. The van der Waals surface area contributed by atoms with Gasteiger partial charge >= 0.3 is 5.97 Å². The van der Waals surface area contributed by atoms with Gasteiger partial charge in [-0.2, -0.15) is 0 Å². The predicted molar refractivity (Wildman–Crippen MR) is 112 cm³/mol. The summed E-state index contributed by atoms with van der Waals surface area (Å²) < 4.78 is 19.0. The molecule has 146 valence electrons. The standard InChI is InChI=1S/C19H28FN3O2.HI/c1-14-9-10-15(12-17(14)20)13-23-19(21-2)22-11-5-8-18(24)25-16-6-3-4-7-16;/h9-10,12,16H,3-8,11,13H2,1-2H3,(H2,21,22,23);1H. The number of ether oxygens (including phenoxy) is 1. The Morgan fingerprint density at radius 1 is 1.31 bits per heavy atom. The van der Waals surface area contributed by atoms with Crippen molar-refractivity contribution in [3.63, 3.8) is 0 Å². The van der Waals surface area contributed by atoms with E-state index in [9.17, 15) is 9.18 Å². The Morgan fingerprint density at radius 2 is 2.04 bits per heavy atom. The first-order valence-corrected chi connectivity index (χ1v) is 8.97. The third-order valence-corrected chi connectivity index (χ3v) is 4.37. The molecule has 0 radical (unpaired) electrons. The summed E-state index contributed by atoms with van der Waals surface area (Å²) in [7, 11) is 1.68. The number of aryl methyl sites for hydroxylation is 1. The quantitative estimate of drug-likeness (QED) is 0.207. The van der Waals surface area contributed by atoms with E-state index < -0.39 is 0 Å². The molecule has 26 heavy (non-hydrogen) atoms. The lowest BCUT2D eigenvalue weighted by molar-refractivity contribution is -0.148. The number of carbonyl (C=O) groups excluding carboxylic acids is 1. The molecule has 0 atom stereocenters. The fourth-order valence-corrected chi connectivity index (χ4v) is 2.84. The molecule has 0 aliphatic heterocycles.